The van der Waals surface area contributed by atoms with Gasteiger partial charge in [-0.05, 0) is 25.8 Å². The third-order valence-electron chi connectivity index (χ3n) is 3.50. The molecular formula is C12H21N3O2S. The molecule has 2 unspecified atom stereocenters. The Hall–Kier alpha value is -0.880. The van der Waals surface area contributed by atoms with Crippen molar-refractivity contribution in [2.75, 3.05) is 18.1 Å². The van der Waals surface area contributed by atoms with Gasteiger partial charge in [-0.15, -0.1) is 0 Å². The van der Waals surface area contributed by atoms with Crippen LogP contribution in [-0.2, 0) is 16.4 Å². The fourth-order valence-corrected chi connectivity index (χ4v) is 4.37. The maximum Gasteiger partial charge on any atom is 0.150 e. The average Bonchev–Trinajstić information content (AvgIpc) is 2.92. The number of hydrogen-bond donors (Lipinski definition) is 1. The van der Waals surface area contributed by atoms with Crippen molar-refractivity contribution in [2.24, 2.45) is 5.92 Å². The molecule has 6 heteroatoms. The van der Waals surface area contributed by atoms with E-state index in [1.165, 1.54) is 0 Å². The first kappa shape index (κ1) is 13.5. The third kappa shape index (κ3) is 2.92. The molecule has 0 saturated carbocycles. The fourth-order valence-electron chi connectivity index (χ4n) is 2.53. The Labute approximate surface area is 109 Å². The fraction of sp³-hybridized carbons (Fsp3) is 0.750. The number of nitrogens with one attached hydrogen (secondary N) is 1. The van der Waals surface area contributed by atoms with Crippen molar-refractivity contribution in [1.29, 1.82) is 0 Å². The minimum absolute atomic E-state index is 0.0556. The molecule has 1 saturated heterocycles. The Balaban J connectivity index is 2.18. The first-order valence-electron chi connectivity index (χ1n) is 6.51. The molecular weight excluding hydrogens is 250 g/mol. The normalized spacial score (nSPS) is 24.2. The van der Waals surface area contributed by atoms with Gasteiger partial charge in [-0.1, -0.05) is 6.92 Å². The summed E-state index contributed by atoms with van der Waals surface area (Å²) in [6.45, 7) is 5.80. The van der Waals surface area contributed by atoms with E-state index in [0.29, 0.717) is 5.75 Å². The van der Waals surface area contributed by atoms with Crippen LogP contribution in [0.1, 0.15) is 32.0 Å². The summed E-state index contributed by atoms with van der Waals surface area (Å²) in [6, 6.07) is 0.0556. The van der Waals surface area contributed by atoms with Gasteiger partial charge in [0, 0.05) is 12.7 Å². The molecule has 0 bridgehead atoms. The van der Waals surface area contributed by atoms with Gasteiger partial charge in [-0.2, -0.15) is 0 Å². The van der Waals surface area contributed by atoms with Crippen LogP contribution in [-0.4, -0.2) is 36.0 Å². The minimum Gasteiger partial charge on any atom is -0.337 e. The van der Waals surface area contributed by atoms with E-state index in [9.17, 15) is 8.42 Å². The van der Waals surface area contributed by atoms with E-state index in [1.807, 2.05) is 24.0 Å². The van der Waals surface area contributed by atoms with Gasteiger partial charge in [0.2, 0.25) is 0 Å². The number of hydrogen-bond acceptors (Lipinski definition) is 4. The smallest absolute Gasteiger partial charge is 0.150 e. The first-order valence-corrected chi connectivity index (χ1v) is 8.33. The Morgan fingerprint density at radius 2 is 2.33 bits per heavy atom. The van der Waals surface area contributed by atoms with Crippen molar-refractivity contribution in [1.82, 2.24) is 14.9 Å². The van der Waals surface area contributed by atoms with E-state index >= 15 is 0 Å². The van der Waals surface area contributed by atoms with Crippen molar-refractivity contribution in [3.8, 4) is 0 Å². The van der Waals surface area contributed by atoms with Crippen molar-refractivity contribution < 1.29 is 8.42 Å². The van der Waals surface area contributed by atoms with Crippen LogP contribution < -0.4 is 5.32 Å². The van der Waals surface area contributed by atoms with Gasteiger partial charge in [-0.25, -0.2) is 13.4 Å². The highest BCUT2D eigenvalue weighted by Crippen LogP contribution is 2.30. The second-order valence-corrected chi connectivity index (χ2v) is 7.06. The van der Waals surface area contributed by atoms with E-state index < -0.39 is 9.84 Å². The lowest BCUT2D eigenvalue weighted by Crippen LogP contribution is -2.29. The standard InChI is InChI=1S/C12H21N3O2S/c1-3-13-12(10-5-6-18(16,17)8-10)11-7-15(4-2)9-14-11/h7,9-10,12-13H,3-6,8H2,1-2H3. The SMILES string of the molecule is CCNC(c1cn(CC)cn1)C1CCS(=O)(=O)C1. The number of aromatic nitrogens is 2. The van der Waals surface area contributed by atoms with Gasteiger partial charge in [0.1, 0.15) is 0 Å². The highest BCUT2D eigenvalue weighted by atomic mass is 32.2. The molecule has 0 aromatic carbocycles. The van der Waals surface area contributed by atoms with Gasteiger partial charge >= 0.3 is 0 Å². The Kier molecular flexibility index (Phi) is 4.07. The summed E-state index contributed by atoms with van der Waals surface area (Å²) in [4.78, 5) is 4.40. The summed E-state index contributed by atoms with van der Waals surface area (Å²) in [5, 5.41) is 3.38. The van der Waals surface area contributed by atoms with Crippen LogP contribution in [0.15, 0.2) is 12.5 Å². The molecule has 18 heavy (non-hydrogen) atoms. The van der Waals surface area contributed by atoms with Crippen LogP contribution in [0.4, 0.5) is 0 Å². The number of sulfone groups is 1. The molecule has 102 valence electrons. The lowest BCUT2D eigenvalue weighted by atomic mass is 9.97. The summed E-state index contributed by atoms with van der Waals surface area (Å²) in [7, 11) is -2.84. The topological polar surface area (TPSA) is 64.0 Å². The lowest BCUT2D eigenvalue weighted by molar-refractivity contribution is 0.393. The summed E-state index contributed by atoms with van der Waals surface area (Å²) < 4.78 is 25.2. The van der Waals surface area contributed by atoms with Crippen LogP contribution in [0, 0.1) is 5.92 Å². The molecule has 1 fully saturated rings. The summed E-state index contributed by atoms with van der Waals surface area (Å²) in [5.74, 6) is 0.743. The Morgan fingerprint density at radius 1 is 1.56 bits per heavy atom. The molecule has 1 aliphatic rings. The molecule has 0 radical (unpaired) electrons. The summed E-state index contributed by atoms with van der Waals surface area (Å²) in [6.07, 6.45) is 4.56. The predicted octanol–water partition coefficient (Wildman–Crippen LogP) is 0.988. The maximum absolute atomic E-state index is 11.6. The monoisotopic (exact) mass is 271 g/mol. The number of aryl methyl sites for hydroxylation is 1. The third-order valence-corrected chi connectivity index (χ3v) is 5.29. The molecule has 0 aliphatic carbocycles. The number of rotatable bonds is 5. The van der Waals surface area contributed by atoms with Crippen LogP contribution in [0.3, 0.4) is 0 Å². The summed E-state index contributed by atoms with van der Waals surface area (Å²) in [5.41, 5.74) is 0.959. The highest BCUT2D eigenvalue weighted by Gasteiger charge is 2.34. The maximum atomic E-state index is 11.6. The highest BCUT2D eigenvalue weighted by molar-refractivity contribution is 7.91. The average molecular weight is 271 g/mol. The molecule has 2 rings (SSSR count). The van der Waals surface area contributed by atoms with Crippen molar-refractivity contribution >= 4 is 9.84 Å². The van der Waals surface area contributed by atoms with Gasteiger partial charge in [0.05, 0.1) is 29.6 Å². The van der Waals surface area contributed by atoms with Crippen molar-refractivity contribution in [2.45, 2.75) is 32.9 Å². The number of imidazole rings is 1. The van der Waals surface area contributed by atoms with E-state index in [4.69, 9.17) is 0 Å². The lowest BCUT2D eigenvalue weighted by Gasteiger charge is -2.21. The van der Waals surface area contributed by atoms with Crippen LogP contribution in [0.2, 0.25) is 0 Å². The van der Waals surface area contributed by atoms with Crippen LogP contribution in [0.25, 0.3) is 0 Å². The quantitative estimate of drug-likeness (QED) is 0.867. The van der Waals surface area contributed by atoms with E-state index in [0.717, 1.165) is 25.2 Å². The zero-order valence-corrected chi connectivity index (χ0v) is 11.8. The minimum atomic E-state index is -2.84. The molecule has 5 nitrogen and oxygen atoms in total. The van der Waals surface area contributed by atoms with Crippen LogP contribution >= 0.6 is 0 Å². The van der Waals surface area contributed by atoms with Crippen molar-refractivity contribution in [3.05, 3.63) is 18.2 Å². The molecule has 1 aliphatic heterocycles. The van der Waals surface area contributed by atoms with E-state index in [1.54, 1.807) is 0 Å². The predicted molar refractivity (Wildman–Crippen MR) is 71.1 cm³/mol. The van der Waals surface area contributed by atoms with Gasteiger partial charge < -0.3 is 9.88 Å². The second kappa shape index (κ2) is 5.40. The molecule has 1 aromatic heterocycles. The zero-order chi connectivity index (χ0) is 13.2. The Bertz CT molecular complexity index is 495. The Morgan fingerprint density at radius 3 is 2.83 bits per heavy atom. The molecule has 2 atom stereocenters. The van der Waals surface area contributed by atoms with Gasteiger partial charge in [0.15, 0.2) is 9.84 Å². The largest absolute Gasteiger partial charge is 0.337 e. The number of nitrogens with zero attached hydrogens (tertiary/aromatic N) is 2. The van der Waals surface area contributed by atoms with Gasteiger partial charge in [-0.3, -0.25) is 0 Å². The van der Waals surface area contributed by atoms with E-state index in [2.05, 4.69) is 17.2 Å². The van der Waals surface area contributed by atoms with E-state index in [-0.39, 0.29) is 17.7 Å². The molecule has 1 N–H and O–H groups in total. The van der Waals surface area contributed by atoms with Gasteiger partial charge in [0.25, 0.3) is 0 Å². The summed E-state index contributed by atoms with van der Waals surface area (Å²) >= 11 is 0. The molecule has 0 amide bonds. The second-order valence-electron chi connectivity index (χ2n) is 4.83. The zero-order valence-electron chi connectivity index (χ0n) is 11.0. The molecule has 1 aromatic rings. The van der Waals surface area contributed by atoms with Crippen LogP contribution in [0.5, 0.6) is 0 Å². The molecule has 2 heterocycles. The van der Waals surface area contributed by atoms with Crippen molar-refractivity contribution in [3.63, 3.8) is 0 Å². The molecule has 0 spiro atoms. The first-order chi connectivity index (χ1) is 8.55.